The van der Waals surface area contributed by atoms with Crippen LogP contribution in [0.25, 0.3) is 0 Å². The van der Waals surface area contributed by atoms with E-state index in [0.717, 1.165) is 5.82 Å². The number of aromatic nitrogens is 3. The Bertz CT molecular complexity index is 190. The van der Waals surface area contributed by atoms with Gasteiger partial charge in [0.05, 0.1) is 13.1 Å². The van der Waals surface area contributed by atoms with Crippen molar-refractivity contribution in [2.75, 3.05) is 13.7 Å². The molecule has 62 valence electrons. The molecule has 0 amide bonds. The highest BCUT2D eigenvalue weighted by molar-refractivity contribution is 4.82. The van der Waals surface area contributed by atoms with E-state index >= 15 is 0 Å². The van der Waals surface area contributed by atoms with Gasteiger partial charge in [0.25, 0.3) is 0 Å². The zero-order valence-electron chi connectivity index (χ0n) is 6.42. The summed E-state index contributed by atoms with van der Waals surface area (Å²) in [5.41, 5.74) is 0. The summed E-state index contributed by atoms with van der Waals surface area (Å²) < 4.78 is 13.4. The van der Waals surface area contributed by atoms with E-state index in [1.165, 1.54) is 6.33 Å². The molecule has 0 radical (unpaired) electrons. The van der Waals surface area contributed by atoms with E-state index in [9.17, 15) is 4.39 Å². The van der Waals surface area contributed by atoms with Crippen LogP contribution in [0.15, 0.2) is 6.33 Å². The molecule has 0 aromatic carbocycles. The van der Waals surface area contributed by atoms with Gasteiger partial charge in [-0.25, -0.2) is 14.1 Å². The van der Waals surface area contributed by atoms with E-state index in [1.54, 1.807) is 4.68 Å². The Morgan fingerprint density at radius 1 is 1.73 bits per heavy atom. The van der Waals surface area contributed by atoms with Crippen LogP contribution >= 0.6 is 0 Å². The zero-order valence-corrected chi connectivity index (χ0v) is 6.42. The zero-order chi connectivity index (χ0) is 8.10. The van der Waals surface area contributed by atoms with E-state index in [-0.39, 0.29) is 6.54 Å². The van der Waals surface area contributed by atoms with E-state index < -0.39 is 6.67 Å². The van der Waals surface area contributed by atoms with Gasteiger partial charge in [-0.1, -0.05) is 0 Å². The summed E-state index contributed by atoms with van der Waals surface area (Å²) in [7, 11) is 1.81. The third-order valence-electron chi connectivity index (χ3n) is 1.33. The fourth-order valence-electron chi connectivity index (χ4n) is 0.850. The molecule has 0 atom stereocenters. The first-order valence-corrected chi connectivity index (χ1v) is 3.45. The summed E-state index contributed by atoms with van der Waals surface area (Å²) in [4.78, 5) is 3.95. The smallest absolute Gasteiger partial charge is 0.140 e. The quantitative estimate of drug-likeness (QED) is 0.669. The fourth-order valence-corrected chi connectivity index (χ4v) is 0.850. The molecular formula is C6H11FN4. The third-order valence-corrected chi connectivity index (χ3v) is 1.33. The molecule has 11 heavy (non-hydrogen) atoms. The minimum absolute atomic E-state index is 0.289. The number of nitrogens with one attached hydrogen (secondary N) is 1. The second-order valence-electron chi connectivity index (χ2n) is 2.12. The van der Waals surface area contributed by atoms with Gasteiger partial charge in [-0.2, -0.15) is 5.10 Å². The maximum absolute atomic E-state index is 11.9. The first kappa shape index (κ1) is 8.13. The molecule has 0 aliphatic carbocycles. The Hall–Kier alpha value is -0.970. The lowest BCUT2D eigenvalue weighted by molar-refractivity contribution is 0.417. The number of rotatable bonds is 4. The molecular weight excluding hydrogens is 147 g/mol. The molecule has 0 spiro atoms. The van der Waals surface area contributed by atoms with Gasteiger partial charge in [-0.05, 0) is 7.05 Å². The summed E-state index contributed by atoms with van der Waals surface area (Å²) in [6.45, 7) is 0.511. The lowest BCUT2D eigenvalue weighted by Crippen LogP contribution is -2.14. The van der Waals surface area contributed by atoms with Gasteiger partial charge >= 0.3 is 0 Å². The number of hydrogen-bond donors (Lipinski definition) is 1. The van der Waals surface area contributed by atoms with E-state index in [2.05, 4.69) is 15.4 Å². The van der Waals surface area contributed by atoms with Gasteiger partial charge in [0, 0.05) is 0 Å². The van der Waals surface area contributed by atoms with Gasteiger partial charge in [-0.15, -0.1) is 0 Å². The van der Waals surface area contributed by atoms with Crippen LogP contribution in [0.5, 0.6) is 0 Å². The second kappa shape index (κ2) is 4.02. The summed E-state index contributed by atoms with van der Waals surface area (Å²) >= 11 is 0. The number of aryl methyl sites for hydroxylation is 1. The van der Waals surface area contributed by atoms with Crippen molar-refractivity contribution in [1.82, 2.24) is 20.1 Å². The molecule has 1 rings (SSSR count). The van der Waals surface area contributed by atoms with Gasteiger partial charge in [0.1, 0.15) is 18.8 Å². The number of halogens is 1. The predicted molar refractivity (Wildman–Crippen MR) is 38.8 cm³/mol. The van der Waals surface area contributed by atoms with Crippen molar-refractivity contribution < 1.29 is 4.39 Å². The van der Waals surface area contributed by atoms with E-state index in [4.69, 9.17) is 0 Å². The molecule has 1 aromatic rings. The largest absolute Gasteiger partial charge is 0.313 e. The Morgan fingerprint density at radius 2 is 2.55 bits per heavy atom. The molecule has 4 nitrogen and oxygen atoms in total. The van der Waals surface area contributed by atoms with Crippen molar-refractivity contribution >= 4 is 0 Å². The predicted octanol–water partition coefficient (Wildman–Crippen LogP) is -0.0330. The van der Waals surface area contributed by atoms with Crippen LogP contribution in [-0.4, -0.2) is 28.5 Å². The lowest BCUT2D eigenvalue weighted by atomic mass is 10.5. The number of nitrogens with zero attached hydrogens (tertiary/aromatic N) is 3. The summed E-state index contributed by atoms with van der Waals surface area (Å²) in [6.07, 6.45) is 1.43. The normalized spacial score (nSPS) is 10.4. The average Bonchev–Trinajstić information content (AvgIpc) is 2.39. The maximum atomic E-state index is 11.9. The summed E-state index contributed by atoms with van der Waals surface area (Å²) in [5.74, 6) is 0.769. The first-order valence-electron chi connectivity index (χ1n) is 3.45. The van der Waals surface area contributed by atoms with Crippen molar-refractivity contribution in [2.24, 2.45) is 0 Å². The highest BCUT2D eigenvalue weighted by atomic mass is 19.1. The Labute approximate surface area is 64.4 Å². The van der Waals surface area contributed by atoms with Crippen LogP contribution in [0.1, 0.15) is 5.82 Å². The number of hydrogen-bond acceptors (Lipinski definition) is 3. The molecule has 1 heterocycles. The first-order chi connectivity index (χ1) is 5.38. The SMILES string of the molecule is CNCc1ncnn1CCF. The Morgan fingerprint density at radius 3 is 3.18 bits per heavy atom. The summed E-state index contributed by atoms with van der Waals surface area (Å²) in [5, 5.41) is 6.77. The molecule has 1 N–H and O–H groups in total. The Balaban J connectivity index is 2.62. The van der Waals surface area contributed by atoms with Crippen LogP contribution in [0.3, 0.4) is 0 Å². The average molecular weight is 158 g/mol. The monoisotopic (exact) mass is 158 g/mol. The minimum atomic E-state index is -0.403. The van der Waals surface area contributed by atoms with Crippen LogP contribution in [0, 0.1) is 0 Å². The number of alkyl halides is 1. The molecule has 0 saturated carbocycles. The molecule has 0 saturated heterocycles. The molecule has 5 heteroatoms. The molecule has 0 fully saturated rings. The van der Waals surface area contributed by atoms with Gasteiger partial charge in [0.2, 0.25) is 0 Å². The minimum Gasteiger partial charge on any atom is -0.313 e. The molecule has 0 bridgehead atoms. The van der Waals surface area contributed by atoms with Crippen LogP contribution in [-0.2, 0) is 13.1 Å². The van der Waals surface area contributed by atoms with Gasteiger partial charge in [0.15, 0.2) is 0 Å². The van der Waals surface area contributed by atoms with Crippen molar-refractivity contribution in [2.45, 2.75) is 13.1 Å². The third kappa shape index (κ3) is 1.98. The molecule has 0 aliphatic heterocycles. The van der Waals surface area contributed by atoms with E-state index in [0.29, 0.717) is 6.54 Å². The Kier molecular flexibility index (Phi) is 2.97. The van der Waals surface area contributed by atoms with Crippen LogP contribution < -0.4 is 5.32 Å². The highest BCUT2D eigenvalue weighted by Crippen LogP contribution is 1.92. The lowest BCUT2D eigenvalue weighted by Gasteiger charge is -2.00. The topological polar surface area (TPSA) is 42.7 Å². The van der Waals surface area contributed by atoms with E-state index in [1.807, 2.05) is 7.05 Å². The fraction of sp³-hybridized carbons (Fsp3) is 0.667. The molecule has 0 aliphatic rings. The van der Waals surface area contributed by atoms with Gasteiger partial charge < -0.3 is 5.32 Å². The second-order valence-corrected chi connectivity index (χ2v) is 2.12. The molecule has 0 unspecified atom stereocenters. The summed E-state index contributed by atoms with van der Waals surface area (Å²) in [6, 6.07) is 0. The van der Waals surface area contributed by atoms with Gasteiger partial charge in [-0.3, -0.25) is 0 Å². The molecule has 1 aromatic heterocycles. The van der Waals surface area contributed by atoms with Crippen molar-refractivity contribution in [3.63, 3.8) is 0 Å². The standard InChI is InChI=1S/C6H11FN4/c1-8-4-6-9-5-10-11(6)3-2-7/h5,8H,2-4H2,1H3. The highest BCUT2D eigenvalue weighted by Gasteiger charge is 2.00. The maximum Gasteiger partial charge on any atom is 0.140 e. The van der Waals surface area contributed by atoms with Crippen LogP contribution in [0.4, 0.5) is 4.39 Å². The van der Waals surface area contributed by atoms with Crippen molar-refractivity contribution in [3.8, 4) is 0 Å². The van der Waals surface area contributed by atoms with Crippen LogP contribution in [0.2, 0.25) is 0 Å². The van der Waals surface area contributed by atoms with Crippen molar-refractivity contribution in [3.05, 3.63) is 12.2 Å². The van der Waals surface area contributed by atoms with Crippen molar-refractivity contribution in [1.29, 1.82) is 0 Å².